The van der Waals surface area contributed by atoms with E-state index in [1.807, 2.05) is 0 Å². The lowest BCUT2D eigenvalue weighted by molar-refractivity contribution is 0.141. The lowest BCUT2D eigenvalue weighted by Crippen LogP contribution is -2.39. The van der Waals surface area contributed by atoms with Gasteiger partial charge in [0.15, 0.2) is 5.96 Å². The van der Waals surface area contributed by atoms with Crippen LogP contribution < -0.4 is 5.32 Å². The Balaban J connectivity index is 2.06. The molecule has 0 aliphatic heterocycles. The molecule has 1 aliphatic carbocycles. The van der Waals surface area contributed by atoms with E-state index in [1.54, 1.807) is 7.11 Å². The second-order valence-electron chi connectivity index (χ2n) is 7.24. The predicted molar refractivity (Wildman–Crippen MR) is 108 cm³/mol. The maximum atomic E-state index is 5.34. The summed E-state index contributed by atoms with van der Waals surface area (Å²) in [5.41, 5.74) is 1.58. The van der Waals surface area contributed by atoms with Crippen molar-refractivity contribution in [3.63, 3.8) is 0 Å². The van der Waals surface area contributed by atoms with Crippen LogP contribution in [0, 0.1) is 5.41 Å². The van der Waals surface area contributed by atoms with Gasteiger partial charge < -0.3 is 19.5 Å². The summed E-state index contributed by atoms with van der Waals surface area (Å²) >= 11 is 3.55. The molecule has 1 aliphatic rings. The first-order chi connectivity index (χ1) is 12.0. The zero-order chi connectivity index (χ0) is 18.3. The third kappa shape index (κ3) is 5.74. The number of aryl methyl sites for hydroxylation is 1. The fourth-order valence-corrected chi connectivity index (χ4v) is 4.26. The number of hydrogen-bond acceptors (Lipinski definition) is 2. The second kappa shape index (κ2) is 9.62. The van der Waals surface area contributed by atoms with Crippen LogP contribution in [-0.2, 0) is 18.3 Å². The highest BCUT2D eigenvalue weighted by molar-refractivity contribution is 9.10. The quantitative estimate of drug-likeness (QED) is 0.521. The number of nitrogens with zero attached hydrogens (tertiary/aromatic N) is 3. The van der Waals surface area contributed by atoms with Gasteiger partial charge in [0.25, 0.3) is 0 Å². The van der Waals surface area contributed by atoms with E-state index in [2.05, 4.69) is 64.0 Å². The average Bonchev–Trinajstić information content (AvgIpc) is 3.16. The first-order valence-electron chi connectivity index (χ1n) is 9.29. The molecule has 0 saturated heterocycles. The highest BCUT2D eigenvalue weighted by Gasteiger charge is 2.33. The molecular formula is C19H33BrN4O. The molecule has 1 aromatic heterocycles. The minimum atomic E-state index is 0.325. The van der Waals surface area contributed by atoms with Crippen LogP contribution in [-0.4, -0.2) is 49.3 Å². The smallest absolute Gasteiger partial charge is 0.194 e. The molecule has 0 aromatic carbocycles. The number of rotatable bonds is 8. The number of nitrogens with one attached hydrogen (secondary N) is 1. The molecule has 2 rings (SSSR count). The van der Waals surface area contributed by atoms with Crippen LogP contribution in [0.4, 0.5) is 0 Å². The van der Waals surface area contributed by atoms with Crippen LogP contribution in [0.25, 0.3) is 0 Å². The molecule has 0 spiro atoms. The highest BCUT2D eigenvalue weighted by Crippen LogP contribution is 2.41. The monoisotopic (exact) mass is 412 g/mol. The van der Waals surface area contributed by atoms with Gasteiger partial charge in [-0.2, -0.15) is 0 Å². The topological polar surface area (TPSA) is 41.8 Å². The molecule has 0 atom stereocenters. The summed E-state index contributed by atoms with van der Waals surface area (Å²) in [7, 11) is 5.98. The molecular weight excluding hydrogens is 380 g/mol. The molecule has 25 heavy (non-hydrogen) atoms. The number of aliphatic imine (C=N–C) groups is 1. The van der Waals surface area contributed by atoms with E-state index < -0.39 is 0 Å². The van der Waals surface area contributed by atoms with Gasteiger partial charge >= 0.3 is 0 Å². The summed E-state index contributed by atoms with van der Waals surface area (Å²) < 4.78 is 8.61. The summed E-state index contributed by atoms with van der Waals surface area (Å²) in [6, 6.07) is 2.16. The van der Waals surface area contributed by atoms with Crippen molar-refractivity contribution in [2.24, 2.45) is 17.5 Å². The van der Waals surface area contributed by atoms with Crippen LogP contribution in [0.1, 0.15) is 44.7 Å². The molecule has 1 fully saturated rings. The Hall–Kier alpha value is -1.01. The zero-order valence-corrected chi connectivity index (χ0v) is 17.7. The van der Waals surface area contributed by atoms with Crippen LogP contribution in [0.3, 0.4) is 0 Å². The minimum Gasteiger partial charge on any atom is -0.385 e. The molecule has 142 valence electrons. The molecule has 0 radical (unpaired) electrons. The standard InChI is InChI=1S/C19H33BrN4O/c1-5-21-18(24(3)14-17-12-16(20)13-23(17)2)22-15-19(10-11-25-4)8-6-7-9-19/h12-13H,5-11,14-15H2,1-4H3,(H,21,22). The zero-order valence-electron chi connectivity index (χ0n) is 16.1. The van der Waals surface area contributed by atoms with Crippen LogP contribution in [0.5, 0.6) is 0 Å². The van der Waals surface area contributed by atoms with Gasteiger partial charge in [0.1, 0.15) is 0 Å². The van der Waals surface area contributed by atoms with E-state index >= 15 is 0 Å². The van der Waals surface area contributed by atoms with Gasteiger partial charge in [-0.1, -0.05) is 12.8 Å². The Morgan fingerprint density at radius 1 is 1.44 bits per heavy atom. The van der Waals surface area contributed by atoms with Crippen molar-refractivity contribution in [1.29, 1.82) is 0 Å². The molecule has 1 aromatic rings. The van der Waals surface area contributed by atoms with Gasteiger partial charge in [0, 0.05) is 57.3 Å². The van der Waals surface area contributed by atoms with Crippen molar-refractivity contribution in [2.75, 3.05) is 33.9 Å². The summed E-state index contributed by atoms with van der Waals surface area (Å²) in [4.78, 5) is 7.22. The minimum absolute atomic E-state index is 0.325. The predicted octanol–water partition coefficient (Wildman–Crippen LogP) is 3.78. The van der Waals surface area contributed by atoms with E-state index in [1.165, 1.54) is 31.4 Å². The van der Waals surface area contributed by atoms with Gasteiger partial charge in [-0.05, 0) is 53.6 Å². The summed E-state index contributed by atoms with van der Waals surface area (Å²) in [6.07, 6.45) is 8.39. The Kier molecular flexibility index (Phi) is 7.81. The SMILES string of the molecule is CCNC(=NCC1(CCOC)CCCC1)N(C)Cc1cc(Br)cn1C. The Morgan fingerprint density at radius 3 is 2.72 bits per heavy atom. The first kappa shape index (κ1) is 20.3. The Bertz CT molecular complexity index is 564. The normalized spacial score (nSPS) is 17.1. The van der Waals surface area contributed by atoms with E-state index in [-0.39, 0.29) is 0 Å². The molecule has 0 bridgehead atoms. The van der Waals surface area contributed by atoms with Gasteiger partial charge in [0.05, 0.1) is 6.54 Å². The fourth-order valence-electron chi connectivity index (χ4n) is 3.68. The van der Waals surface area contributed by atoms with Gasteiger partial charge in [-0.3, -0.25) is 4.99 Å². The second-order valence-corrected chi connectivity index (χ2v) is 8.15. The maximum Gasteiger partial charge on any atom is 0.194 e. The third-order valence-electron chi connectivity index (χ3n) is 5.24. The number of methoxy groups -OCH3 is 1. The van der Waals surface area contributed by atoms with Gasteiger partial charge in [-0.15, -0.1) is 0 Å². The Morgan fingerprint density at radius 2 is 2.16 bits per heavy atom. The van der Waals surface area contributed by atoms with E-state index in [4.69, 9.17) is 9.73 Å². The van der Waals surface area contributed by atoms with Crippen molar-refractivity contribution in [3.05, 3.63) is 22.4 Å². The third-order valence-corrected chi connectivity index (χ3v) is 5.67. The number of aromatic nitrogens is 1. The molecule has 0 unspecified atom stereocenters. The molecule has 0 amide bonds. The summed E-state index contributed by atoms with van der Waals surface area (Å²) in [5, 5.41) is 3.45. The lowest BCUT2D eigenvalue weighted by Gasteiger charge is -2.29. The van der Waals surface area contributed by atoms with Crippen molar-refractivity contribution in [1.82, 2.24) is 14.8 Å². The van der Waals surface area contributed by atoms with Crippen molar-refractivity contribution in [2.45, 2.75) is 45.6 Å². The molecule has 1 N–H and O–H groups in total. The van der Waals surface area contributed by atoms with Crippen molar-refractivity contribution >= 4 is 21.9 Å². The number of ether oxygens (including phenoxy) is 1. The van der Waals surface area contributed by atoms with Gasteiger partial charge in [0.2, 0.25) is 0 Å². The van der Waals surface area contributed by atoms with Crippen molar-refractivity contribution < 1.29 is 4.74 Å². The highest BCUT2D eigenvalue weighted by atomic mass is 79.9. The summed E-state index contributed by atoms with van der Waals surface area (Å²) in [5.74, 6) is 0.989. The number of guanidine groups is 1. The van der Waals surface area contributed by atoms with Crippen LogP contribution in [0.2, 0.25) is 0 Å². The molecule has 1 saturated carbocycles. The molecule has 5 nitrogen and oxygen atoms in total. The number of hydrogen-bond donors (Lipinski definition) is 1. The summed E-state index contributed by atoms with van der Waals surface area (Å²) in [6.45, 7) is 5.56. The van der Waals surface area contributed by atoms with Crippen molar-refractivity contribution in [3.8, 4) is 0 Å². The largest absolute Gasteiger partial charge is 0.385 e. The number of halogens is 1. The van der Waals surface area contributed by atoms with E-state index in [0.717, 1.165) is 43.1 Å². The Labute approximate surface area is 161 Å². The molecule has 1 heterocycles. The fraction of sp³-hybridized carbons (Fsp3) is 0.737. The first-order valence-corrected chi connectivity index (χ1v) is 10.1. The van der Waals surface area contributed by atoms with Gasteiger partial charge in [-0.25, -0.2) is 0 Å². The molecule has 6 heteroatoms. The van der Waals surface area contributed by atoms with Crippen LogP contribution in [0.15, 0.2) is 21.7 Å². The average molecular weight is 413 g/mol. The van der Waals surface area contributed by atoms with E-state index in [0.29, 0.717) is 5.41 Å². The maximum absolute atomic E-state index is 5.34. The van der Waals surface area contributed by atoms with E-state index in [9.17, 15) is 0 Å². The lowest BCUT2D eigenvalue weighted by atomic mass is 9.83. The van der Waals surface area contributed by atoms with Crippen LogP contribution >= 0.6 is 15.9 Å².